The van der Waals surface area contributed by atoms with Crippen molar-refractivity contribution in [3.8, 4) is 0 Å². The molecule has 0 saturated carbocycles. The topological polar surface area (TPSA) is 75.7 Å². The van der Waals surface area contributed by atoms with E-state index in [0.29, 0.717) is 17.8 Å². The number of nitrogens with zero attached hydrogens (tertiary/aromatic N) is 1. The molecule has 0 aliphatic carbocycles. The zero-order valence-electron chi connectivity index (χ0n) is 16.2. The third kappa shape index (κ3) is 3.81. The van der Waals surface area contributed by atoms with Gasteiger partial charge in [0.25, 0.3) is 0 Å². The number of nitrogens with one attached hydrogen (secondary N) is 1. The number of halogens is 4. The second kappa shape index (κ2) is 7.78. The number of fused-ring (bicyclic) bond motifs is 1. The van der Waals surface area contributed by atoms with Crippen LogP contribution in [-0.2, 0) is 20.5 Å². The van der Waals surface area contributed by atoms with Crippen molar-refractivity contribution >= 4 is 27.5 Å². The molecule has 1 unspecified atom stereocenters. The number of hydrogen-bond acceptors (Lipinski definition) is 4. The molecule has 2 aromatic carbocycles. The Morgan fingerprint density at radius 1 is 1.10 bits per heavy atom. The Morgan fingerprint density at radius 2 is 1.70 bits per heavy atom. The maximum atomic E-state index is 14.0. The fourth-order valence-electron chi connectivity index (χ4n) is 3.18. The number of rotatable bonds is 5. The third-order valence-electron chi connectivity index (χ3n) is 4.75. The van der Waals surface area contributed by atoms with Gasteiger partial charge in [0.1, 0.15) is 11.9 Å². The first-order chi connectivity index (χ1) is 14.0. The van der Waals surface area contributed by atoms with Crippen LogP contribution in [0, 0.1) is 30.2 Å². The van der Waals surface area contributed by atoms with Gasteiger partial charge in [-0.05, 0) is 39.0 Å². The number of carbonyl (C=O) groups is 1. The molecular formula is C19H18F4N2O4S. The molecule has 6 nitrogen and oxygen atoms in total. The molecule has 162 valence electrons. The summed E-state index contributed by atoms with van der Waals surface area (Å²) in [6.45, 7) is 4.51. The number of anilines is 2. The van der Waals surface area contributed by atoms with E-state index >= 15 is 0 Å². The van der Waals surface area contributed by atoms with Gasteiger partial charge in [-0.3, -0.25) is 9.62 Å². The minimum Gasteiger partial charge on any atom is -0.441 e. The maximum absolute atomic E-state index is 14.0. The second-order valence-electron chi connectivity index (χ2n) is 6.76. The summed E-state index contributed by atoms with van der Waals surface area (Å²) >= 11 is 0. The molecule has 0 bridgehead atoms. The Hall–Kier alpha value is -2.82. The van der Waals surface area contributed by atoms with Crippen LogP contribution in [0.2, 0.25) is 0 Å². The van der Waals surface area contributed by atoms with Crippen molar-refractivity contribution in [1.82, 2.24) is 0 Å². The van der Waals surface area contributed by atoms with Gasteiger partial charge in [0.2, 0.25) is 10.0 Å². The van der Waals surface area contributed by atoms with E-state index in [1.165, 1.54) is 23.1 Å². The van der Waals surface area contributed by atoms with Gasteiger partial charge in [0, 0.05) is 28.9 Å². The lowest BCUT2D eigenvalue weighted by Crippen LogP contribution is -2.36. The highest BCUT2D eigenvalue weighted by atomic mass is 32.2. The van der Waals surface area contributed by atoms with Crippen LogP contribution in [0.25, 0.3) is 0 Å². The Bertz CT molecular complexity index is 1110. The van der Waals surface area contributed by atoms with Gasteiger partial charge in [-0.15, -0.1) is 0 Å². The summed E-state index contributed by atoms with van der Waals surface area (Å²) < 4.78 is 87.7. The fourth-order valence-corrected chi connectivity index (χ4v) is 4.38. The predicted molar refractivity (Wildman–Crippen MR) is 102 cm³/mol. The number of sulfonamides is 1. The van der Waals surface area contributed by atoms with Crippen molar-refractivity contribution in [3.05, 3.63) is 58.2 Å². The first-order valence-electron chi connectivity index (χ1n) is 8.90. The molecule has 1 heterocycles. The molecule has 3 rings (SSSR count). The SMILES string of the molecule is CCN1C(=O)OC(C)c2cc(NS(=O)(=O)Cc3c(F)c(F)c(C)c(F)c3F)ccc21. The summed E-state index contributed by atoms with van der Waals surface area (Å²) in [6.07, 6.45) is -1.20. The molecule has 0 saturated heterocycles. The molecule has 0 radical (unpaired) electrons. The fraction of sp³-hybridized carbons (Fsp3) is 0.316. The lowest BCUT2D eigenvalue weighted by Gasteiger charge is -2.32. The number of carbonyl (C=O) groups excluding carboxylic acids is 1. The van der Waals surface area contributed by atoms with Crippen molar-refractivity contribution in [3.63, 3.8) is 0 Å². The quantitative estimate of drug-likeness (QED) is 0.541. The van der Waals surface area contributed by atoms with Gasteiger partial charge in [0.05, 0.1) is 5.69 Å². The minimum absolute atomic E-state index is 0.0310. The van der Waals surface area contributed by atoms with E-state index in [0.717, 1.165) is 6.92 Å². The highest BCUT2D eigenvalue weighted by Gasteiger charge is 2.30. The van der Waals surface area contributed by atoms with E-state index in [9.17, 15) is 30.8 Å². The summed E-state index contributed by atoms with van der Waals surface area (Å²) in [6, 6.07) is 4.27. The molecule has 1 aliphatic heterocycles. The first-order valence-corrected chi connectivity index (χ1v) is 10.6. The first kappa shape index (κ1) is 21.9. The van der Waals surface area contributed by atoms with Crippen molar-refractivity contribution in [2.45, 2.75) is 32.6 Å². The molecule has 0 spiro atoms. The molecule has 2 aromatic rings. The molecule has 0 aromatic heterocycles. The molecule has 1 atom stereocenters. The monoisotopic (exact) mass is 446 g/mol. The lowest BCUT2D eigenvalue weighted by molar-refractivity contribution is 0.108. The van der Waals surface area contributed by atoms with Crippen molar-refractivity contribution in [2.75, 3.05) is 16.2 Å². The molecule has 11 heteroatoms. The highest BCUT2D eigenvalue weighted by Crippen LogP contribution is 2.36. The number of cyclic esters (lactones) is 1. The Balaban J connectivity index is 1.93. The third-order valence-corrected chi connectivity index (χ3v) is 5.97. The second-order valence-corrected chi connectivity index (χ2v) is 8.49. The van der Waals surface area contributed by atoms with Gasteiger partial charge >= 0.3 is 6.09 Å². The molecule has 30 heavy (non-hydrogen) atoms. The van der Waals surface area contributed by atoms with Crippen molar-refractivity contribution in [1.29, 1.82) is 0 Å². The zero-order chi connectivity index (χ0) is 22.4. The van der Waals surface area contributed by atoms with E-state index < -0.39 is 62.4 Å². The van der Waals surface area contributed by atoms with Gasteiger partial charge < -0.3 is 4.74 Å². The molecule has 1 N–H and O–H groups in total. The predicted octanol–water partition coefficient (Wildman–Crippen LogP) is 4.53. The van der Waals surface area contributed by atoms with Crippen molar-refractivity contribution in [2.24, 2.45) is 0 Å². The van der Waals surface area contributed by atoms with E-state index in [1.807, 2.05) is 0 Å². The number of ether oxygens (including phenoxy) is 1. The van der Waals surface area contributed by atoms with Gasteiger partial charge in [0.15, 0.2) is 23.3 Å². The van der Waals surface area contributed by atoms with E-state index in [2.05, 4.69) is 4.72 Å². The number of benzene rings is 2. The summed E-state index contributed by atoms with van der Waals surface area (Å²) in [5, 5.41) is 0. The largest absolute Gasteiger partial charge is 0.441 e. The van der Waals surface area contributed by atoms with Gasteiger partial charge in [-0.1, -0.05) is 0 Å². The lowest BCUT2D eigenvalue weighted by atomic mass is 10.0. The average molecular weight is 446 g/mol. The summed E-state index contributed by atoms with van der Waals surface area (Å²) in [7, 11) is -4.44. The van der Waals surface area contributed by atoms with Crippen LogP contribution in [-0.4, -0.2) is 21.1 Å². The van der Waals surface area contributed by atoms with E-state index in [4.69, 9.17) is 4.74 Å². The van der Waals surface area contributed by atoms with Gasteiger partial charge in [-0.2, -0.15) is 0 Å². The summed E-state index contributed by atoms with van der Waals surface area (Å²) in [5.41, 5.74) is -1.04. The van der Waals surface area contributed by atoms with Crippen LogP contribution >= 0.6 is 0 Å². The molecular weight excluding hydrogens is 428 g/mol. The molecule has 1 aliphatic rings. The highest BCUT2D eigenvalue weighted by molar-refractivity contribution is 7.91. The molecule has 0 fully saturated rings. The standard InChI is InChI=1S/C19H18F4N2O4S/c1-4-25-14-6-5-11(7-12(14)10(3)29-19(25)26)24-30(27,28)8-13-17(22)15(20)9(2)16(21)18(13)23/h5-7,10,24H,4,8H2,1-3H3. The Morgan fingerprint density at radius 3 is 2.27 bits per heavy atom. The van der Waals surface area contributed by atoms with Crippen LogP contribution < -0.4 is 9.62 Å². The smallest absolute Gasteiger partial charge is 0.414 e. The normalized spacial score (nSPS) is 16.3. The van der Waals surface area contributed by atoms with Gasteiger partial charge in [-0.25, -0.2) is 30.8 Å². The van der Waals surface area contributed by atoms with Crippen LogP contribution in [0.5, 0.6) is 0 Å². The van der Waals surface area contributed by atoms with E-state index in [1.54, 1.807) is 13.8 Å². The van der Waals surface area contributed by atoms with Crippen LogP contribution in [0.4, 0.5) is 33.7 Å². The maximum Gasteiger partial charge on any atom is 0.414 e. The summed E-state index contributed by atoms with van der Waals surface area (Å²) in [5.74, 6) is -8.14. The van der Waals surface area contributed by atoms with Crippen LogP contribution in [0.3, 0.4) is 0 Å². The van der Waals surface area contributed by atoms with Crippen LogP contribution in [0.15, 0.2) is 18.2 Å². The number of amides is 1. The average Bonchev–Trinajstić information content (AvgIpc) is 2.68. The van der Waals surface area contributed by atoms with E-state index in [-0.39, 0.29) is 5.69 Å². The van der Waals surface area contributed by atoms with Crippen molar-refractivity contribution < 1.29 is 35.5 Å². The Kier molecular flexibility index (Phi) is 5.68. The number of hydrogen-bond donors (Lipinski definition) is 1. The summed E-state index contributed by atoms with van der Waals surface area (Å²) in [4.78, 5) is 13.3. The zero-order valence-corrected chi connectivity index (χ0v) is 17.0. The van der Waals surface area contributed by atoms with Crippen LogP contribution in [0.1, 0.15) is 36.6 Å². The molecule has 1 amide bonds. The minimum atomic E-state index is -4.44. The Labute approximate surface area is 170 Å².